The summed E-state index contributed by atoms with van der Waals surface area (Å²) < 4.78 is 32.4. The Morgan fingerprint density at radius 2 is 1.93 bits per heavy atom. The zero-order chi connectivity index (χ0) is 10.6. The lowest BCUT2D eigenvalue weighted by Crippen LogP contribution is -2.05. The van der Waals surface area contributed by atoms with Crippen LogP contribution >= 0.6 is 0 Å². The van der Waals surface area contributed by atoms with Crippen LogP contribution in [0.2, 0.25) is 0 Å². The molecule has 0 N–H and O–H groups in total. The maximum Gasteiger partial charge on any atom is 0.188 e. The van der Waals surface area contributed by atoms with Crippen molar-refractivity contribution in [2.45, 2.75) is 4.90 Å². The Labute approximate surface area is 83.4 Å². The lowest BCUT2D eigenvalue weighted by Gasteiger charge is -2.08. The number of hydrogen-bond acceptors (Lipinski definition) is 4. The number of sulfone groups is 1. The predicted molar refractivity (Wildman–Crippen MR) is 52.1 cm³/mol. The highest BCUT2D eigenvalue weighted by atomic mass is 32.2. The molecule has 0 saturated heterocycles. The van der Waals surface area contributed by atoms with Gasteiger partial charge in [-0.2, -0.15) is 0 Å². The maximum absolute atomic E-state index is 11.3. The minimum atomic E-state index is -3.24. The van der Waals surface area contributed by atoms with Crippen molar-refractivity contribution in [2.75, 3.05) is 20.2 Å². The van der Waals surface area contributed by atoms with Gasteiger partial charge < -0.3 is 9.47 Å². The third kappa shape index (κ3) is 2.71. The Hall–Kier alpha value is -1.07. The van der Waals surface area contributed by atoms with Gasteiger partial charge in [-0.1, -0.05) is 12.1 Å². The SMILES string of the molecule is COCOc1ccccc1S(C)(=O)=O. The molecule has 0 amide bonds. The molecule has 5 heteroatoms. The molecule has 0 aliphatic carbocycles. The van der Waals surface area contributed by atoms with E-state index in [1.165, 1.54) is 13.2 Å². The fraction of sp³-hybridized carbons (Fsp3) is 0.333. The van der Waals surface area contributed by atoms with Crippen LogP contribution in [-0.4, -0.2) is 28.6 Å². The van der Waals surface area contributed by atoms with E-state index in [9.17, 15) is 8.42 Å². The largest absolute Gasteiger partial charge is 0.466 e. The van der Waals surface area contributed by atoms with Crippen molar-refractivity contribution in [1.29, 1.82) is 0 Å². The number of methoxy groups -OCH3 is 1. The summed E-state index contributed by atoms with van der Waals surface area (Å²) in [6.07, 6.45) is 1.14. The van der Waals surface area contributed by atoms with Gasteiger partial charge in [-0.05, 0) is 12.1 Å². The van der Waals surface area contributed by atoms with Gasteiger partial charge in [-0.15, -0.1) is 0 Å². The Balaban J connectivity index is 3.04. The summed E-state index contributed by atoms with van der Waals surface area (Å²) in [5, 5.41) is 0. The number of benzene rings is 1. The van der Waals surface area contributed by atoms with E-state index < -0.39 is 9.84 Å². The van der Waals surface area contributed by atoms with Crippen molar-refractivity contribution in [2.24, 2.45) is 0 Å². The van der Waals surface area contributed by atoms with Crippen LogP contribution in [0.5, 0.6) is 5.75 Å². The van der Waals surface area contributed by atoms with Crippen LogP contribution in [0, 0.1) is 0 Å². The first-order valence-electron chi connectivity index (χ1n) is 3.96. The molecule has 14 heavy (non-hydrogen) atoms. The van der Waals surface area contributed by atoms with Crippen LogP contribution in [0.15, 0.2) is 29.2 Å². The van der Waals surface area contributed by atoms with Crippen molar-refractivity contribution in [3.8, 4) is 5.75 Å². The molecule has 0 unspecified atom stereocenters. The van der Waals surface area contributed by atoms with E-state index in [0.717, 1.165) is 6.26 Å². The quantitative estimate of drug-likeness (QED) is 0.706. The van der Waals surface area contributed by atoms with Gasteiger partial charge in [0.1, 0.15) is 10.6 Å². The van der Waals surface area contributed by atoms with Crippen LogP contribution in [0.4, 0.5) is 0 Å². The number of ether oxygens (including phenoxy) is 2. The third-order valence-corrected chi connectivity index (χ3v) is 2.72. The van der Waals surface area contributed by atoms with Crippen LogP contribution in [0.3, 0.4) is 0 Å². The van der Waals surface area contributed by atoms with E-state index in [1.807, 2.05) is 0 Å². The van der Waals surface area contributed by atoms with Gasteiger partial charge in [0.2, 0.25) is 0 Å². The Morgan fingerprint density at radius 1 is 1.29 bits per heavy atom. The molecule has 78 valence electrons. The van der Waals surface area contributed by atoms with E-state index in [0.29, 0.717) is 5.75 Å². The Kier molecular flexibility index (Phi) is 3.49. The Bertz CT molecular complexity index is 397. The fourth-order valence-electron chi connectivity index (χ4n) is 0.998. The van der Waals surface area contributed by atoms with Gasteiger partial charge in [0.05, 0.1) is 0 Å². The van der Waals surface area contributed by atoms with Gasteiger partial charge in [-0.25, -0.2) is 8.42 Å². The van der Waals surface area contributed by atoms with Crippen molar-refractivity contribution >= 4 is 9.84 Å². The van der Waals surface area contributed by atoms with E-state index in [4.69, 9.17) is 9.47 Å². The number of para-hydroxylation sites is 1. The molecule has 0 radical (unpaired) electrons. The van der Waals surface area contributed by atoms with Gasteiger partial charge in [0.25, 0.3) is 0 Å². The highest BCUT2D eigenvalue weighted by Crippen LogP contribution is 2.22. The van der Waals surface area contributed by atoms with Crippen LogP contribution < -0.4 is 4.74 Å². The second-order valence-corrected chi connectivity index (χ2v) is 4.75. The standard InChI is InChI=1S/C9H12O4S/c1-12-7-13-8-5-3-4-6-9(8)14(2,10)11/h3-6H,7H2,1-2H3. The maximum atomic E-state index is 11.3. The lowest BCUT2D eigenvalue weighted by atomic mass is 10.3. The van der Waals surface area contributed by atoms with E-state index in [2.05, 4.69) is 0 Å². The van der Waals surface area contributed by atoms with Gasteiger partial charge in [-0.3, -0.25) is 0 Å². The third-order valence-electron chi connectivity index (χ3n) is 1.58. The normalized spacial score (nSPS) is 11.3. The Morgan fingerprint density at radius 3 is 2.50 bits per heavy atom. The summed E-state index contributed by atoms with van der Waals surface area (Å²) in [5.41, 5.74) is 0. The lowest BCUT2D eigenvalue weighted by molar-refractivity contribution is 0.0490. The van der Waals surface area contributed by atoms with Crippen LogP contribution in [0.25, 0.3) is 0 Å². The highest BCUT2D eigenvalue weighted by Gasteiger charge is 2.12. The average molecular weight is 216 g/mol. The van der Waals surface area contributed by atoms with Crippen LogP contribution in [-0.2, 0) is 14.6 Å². The molecular formula is C9H12O4S. The molecule has 0 aliphatic rings. The molecular weight excluding hydrogens is 204 g/mol. The van der Waals surface area contributed by atoms with E-state index in [-0.39, 0.29) is 11.7 Å². The van der Waals surface area contributed by atoms with Crippen molar-refractivity contribution in [3.05, 3.63) is 24.3 Å². The molecule has 0 saturated carbocycles. The minimum Gasteiger partial charge on any atom is -0.466 e. The van der Waals surface area contributed by atoms with Gasteiger partial charge >= 0.3 is 0 Å². The predicted octanol–water partition coefficient (Wildman–Crippen LogP) is 1.07. The van der Waals surface area contributed by atoms with Gasteiger partial charge in [0.15, 0.2) is 16.6 Å². The molecule has 0 aromatic heterocycles. The van der Waals surface area contributed by atoms with E-state index in [1.54, 1.807) is 18.2 Å². The van der Waals surface area contributed by atoms with E-state index >= 15 is 0 Å². The summed E-state index contributed by atoms with van der Waals surface area (Å²) in [7, 11) is -1.77. The zero-order valence-corrected chi connectivity index (χ0v) is 8.87. The molecule has 1 rings (SSSR count). The fourth-order valence-corrected chi connectivity index (χ4v) is 1.82. The first-order chi connectivity index (χ1) is 6.55. The molecule has 0 fully saturated rings. The van der Waals surface area contributed by atoms with Crippen molar-refractivity contribution in [3.63, 3.8) is 0 Å². The first kappa shape index (κ1) is 11.0. The molecule has 0 heterocycles. The van der Waals surface area contributed by atoms with Crippen LogP contribution in [0.1, 0.15) is 0 Å². The smallest absolute Gasteiger partial charge is 0.188 e. The minimum absolute atomic E-state index is 0.0343. The molecule has 0 atom stereocenters. The second-order valence-electron chi connectivity index (χ2n) is 2.77. The number of hydrogen-bond donors (Lipinski definition) is 0. The molecule has 0 bridgehead atoms. The first-order valence-corrected chi connectivity index (χ1v) is 5.85. The molecule has 1 aromatic rings. The molecule has 1 aromatic carbocycles. The molecule has 0 spiro atoms. The molecule has 4 nitrogen and oxygen atoms in total. The summed E-state index contributed by atoms with van der Waals surface area (Å²) in [6, 6.07) is 6.45. The summed E-state index contributed by atoms with van der Waals surface area (Å²) in [6.45, 7) is 0.0343. The van der Waals surface area contributed by atoms with Crippen molar-refractivity contribution in [1.82, 2.24) is 0 Å². The molecule has 0 aliphatic heterocycles. The highest BCUT2D eigenvalue weighted by molar-refractivity contribution is 7.90. The summed E-state index contributed by atoms with van der Waals surface area (Å²) in [4.78, 5) is 0.178. The zero-order valence-electron chi connectivity index (χ0n) is 8.06. The monoisotopic (exact) mass is 216 g/mol. The number of rotatable bonds is 4. The topological polar surface area (TPSA) is 52.6 Å². The summed E-state index contributed by atoms with van der Waals surface area (Å²) >= 11 is 0. The average Bonchev–Trinajstić information content (AvgIpc) is 2.14. The van der Waals surface area contributed by atoms with Gasteiger partial charge in [0, 0.05) is 13.4 Å². The van der Waals surface area contributed by atoms with Crippen molar-refractivity contribution < 1.29 is 17.9 Å². The summed E-state index contributed by atoms with van der Waals surface area (Å²) in [5.74, 6) is 0.317. The second kappa shape index (κ2) is 4.43.